The smallest absolute Gasteiger partial charge is 0.359 e. The van der Waals surface area contributed by atoms with Crippen molar-refractivity contribution in [2.45, 2.75) is 25.3 Å². The number of carbonyl (C=O) groups is 2. The molecule has 0 spiro atoms. The number of nitrogens with one attached hydrogen (secondary N) is 1. The lowest BCUT2D eigenvalue weighted by Crippen LogP contribution is -2.34. The van der Waals surface area contributed by atoms with E-state index < -0.39 is 12.6 Å². The second-order valence-electron chi connectivity index (χ2n) is 5.75. The topological polar surface area (TPSA) is 68.3 Å². The highest BCUT2D eigenvalue weighted by Gasteiger charge is 2.22. The van der Waals surface area contributed by atoms with Crippen molar-refractivity contribution in [1.82, 2.24) is 10.3 Å². The van der Waals surface area contributed by atoms with Crippen LogP contribution in [-0.2, 0) is 16.0 Å². The van der Waals surface area contributed by atoms with Crippen LogP contribution in [0.3, 0.4) is 0 Å². The van der Waals surface area contributed by atoms with Gasteiger partial charge in [-0.1, -0.05) is 47.5 Å². The molecule has 1 aromatic carbocycles. The number of hydrogen-bond donors (Lipinski definition) is 1. The molecule has 130 valence electrons. The Morgan fingerprint density at radius 2 is 2.00 bits per heavy atom. The Labute approximate surface area is 155 Å². The minimum atomic E-state index is -0.785. The maximum Gasteiger partial charge on any atom is 0.359 e. The Hall–Kier alpha value is -2.11. The van der Waals surface area contributed by atoms with Crippen LogP contribution in [0.25, 0.3) is 0 Å². The highest BCUT2D eigenvalue weighted by atomic mass is 35.5. The molecule has 1 N–H and O–H groups in total. The summed E-state index contributed by atoms with van der Waals surface area (Å²) in [6, 6.07) is 10.9. The van der Waals surface area contributed by atoms with Crippen molar-refractivity contribution >= 4 is 35.1 Å². The number of halogens is 2. The molecule has 1 aromatic heterocycles. The Morgan fingerprint density at radius 1 is 1.20 bits per heavy atom. The molecule has 0 fully saturated rings. The number of esters is 1. The number of rotatable bonds is 4. The zero-order valence-electron chi connectivity index (χ0n) is 13.3. The predicted octanol–water partition coefficient (Wildman–Crippen LogP) is 3.74. The zero-order chi connectivity index (χ0) is 17.8. The summed E-state index contributed by atoms with van der Waals surface area (Å²) in [6.07, 6.45) is 2.87. The molecule has 3 rings (SSSR count). The maximum atomic E-state index is 12.1. The maximum absolute atomic E-state index is 12.1. The number of nitrogens with zero attached hydrogens (tertiary/aromatic N) is 1. The molecule has 1 aliphatic carbocycles. The van der Waals surface area contributed by atoms with Gasteiger partial charge in [0.05, 0.1) is 11.1 Å². The van der Waals surface area contributed by atoms with E-state index in [1.807, 2.05) is 18.2 Å². The van der Waals surface area contributed by atoms with Gasteiger partial charge >= 0.3 is 5.97 Å². The van der Waals surface area contributed by atoms with Gasteiger partial charge in [0, 0.05) is 0 Å². The molecule has 0 aliphatic heterocycles. The summed E-state index contributed by atoms with van der Waals surface area (Å²) in [5.41, 5.74) is 2.25. The summed E-state index contributed by atoms with van der Waals surface area (Å²) in [6.45, 7) is -0.401. The summed E-state index contributed by atoms with van der Waals surface area (Å²) in [5, 5.41) is 3.16. The first-order chi connectivity index (χ1) is 12.0. The van der Waals surface area contributed by atoms with E-state index in [4.69, 9.17) is 27.9 Å². The fourth-order valence-electron chi connectivity index (χ4n) is 2.90. The monoisotopic (exact) mass is 378 g/mol. The van der Waals surface area contributed by atoms with E-state index in [2.05, 4.69) is 16.4 Å². The summed E-state index contributed by atoms with van der Waals surface area (Å²) < 4.78 is 5.00. The van der Waals surface area contributed by atoms with Crippen LogP contribution in [0.5, 0.6) is 0 Å². The number of fused-ring (bicyclic) bond motifs is 1. The number of amides is 1. The molecule has 2 aromatic rings. The van der Waals surface area contributed by atoms with Crippen LogP contribution in [-0.4, -0.2) is 23.5 Å². The van der Waals surface area contributed by atoms with Gasteiger partial charge in [0.25, 0.3) is 5.91 Å². The molecule has 0 bridgehead atoms. The van der Waals surface area contributed by atoms with E-state index in [9.17, 15) is 9.59 Å². The lowest BCUT2D eigenvalue weighted by Gasteiger charge is -2.26. The predicted molar refractivity (Wildman–Crippen MR) is 94.8 cm³/mol. The third-order valence-corrected chi connectivity index (χ3v) is 4.56. The zero-order valence-corrected chi connectivity index (χ0v) is 14.8. The van der Waals surface area contributed by atoms with Crippen molar-refractivity contribution < 1.29 is 14.3 Å². The largest absolute Gasteiger partial charge is 0.451 e. The van der Waals surface area contributed by atoms with E-state index in [1.165, 1.54) is 17.7 Å². The minimum Gasteiger partial charge on any atom is -0.451 e. The number of pyridine rings is 1. The molecule has 1 atom stereocenters. The summed E-state index contributed by atoms with van der Waals surface area (Å²) in [5.74, 6) is -1.15. The van der Waals surface area contributed by atoms with Crippen LogP contribution in [0.4, 0.5) is 0 Å². The van der Waals surface area contributed by atoms with Crippen molar-refractivity contribution in [3.63, 3.8) is 0 Å². The van der Waals surface area contributed by atoms with Gasteiger partial charge in [-0.25, -0.2) is 9.78 Å². The van der Waals surface area contributed by atoms with Crippen molar-refractivity contribution in [1.29, 1.82) is 0 Å². The van der Waals surface area contributed by atoms with Gasteiger partial charge in [0.2, 0.25) is 0 Å². The average molecular weight is 379 g/mol. The molecule has 7 heteroatoms. The second kappa shape index (κ2) is 7.85. The molecule has 0 saturated heterocycles. The molecule has 0 radical (unpaired) electrons. The highest BCUT2D eigenvalue weighted by Crippen LogP contribution is 2.29. The third-order valence-electron chi connectivity index (χ3n) is 4.04. The molecule has 25 heavy (non-hydrogen) atoms. The van der Waals surface area contributed by atoms with Crippen LogP contribution >= 0.6 is 23.2 Å². The number of aromatic nitrogens is 1. The number of benzene rings is 1. The van der Waals surface area contributed by atoms with Gasteiger partial charge in [0.15, 0.2) is 12.3 Å². The van der Waals surface area contributed by atoms with Crippen LogP contribution in [0, 0.1) is 0 Å². The summed E-state index contributed by atoms with van der Waals surface area (Å²) in [7, 11) is 0. The van der Waals surface area contributed by atoms with Crippen LogP contribution < -0.4 is 5.32 Å². The first kappa shape index (κ1) is 17.7. The SMILES string of the molecule is O=C(COC(=O)c1nc(Cl)ccc1Cl)N[C@H]1CCCc2ccccc21. The van der Waals surface area contributed by atoms with E-state index in [-0.39, 0.29) is 27.8 Å². The van der Waals surface area contributed by atoms with E-state index in [0.717, 1.165) is 24.8 Å². The van der Waals surface area contributed by atoms with Gasteiger partial charge in [-0.05, 0) is 42.5 Å². The standard InChI is InChI=1S/C18H16Cl2N2O3/c19-13-8-9-15(20)22-17(13)18(24)25-10-16(23)21-14-7-3-5-11-4-1-2-6-12(11)14/h1-2,4,6,8-9,14H,3,5,7,10H2,(H,21,23)/t14-/m0/s1. The normalized spacial score (nSPS) is 16.0. The van der Waals surface area contributed by atoms with E-state index >= 15 is 0 Å². The number of hydrogen-bond acceptors (Lipinski definition) is 4. The average Bonchev–Trinajstić information content (AvgIpc) is 2.62. The van der Waals surface area contributed by atoms with Crippen molar-refractivity contribution in [3.8, 4) is 0 Å². The fourth-order valence-corrected chi connectivity index (χ4v) is 3.23. The van der Waals surface area contributed by atoms with E-state index in [0.29, 0.717) is 0 Å². The fraction of sp³-hybridized carbons (Fsp3) is 0.278. The number of aryl methyl sites for hydroxylation is 1. The number of ether oxygens (including phenoxy) is 1. The molecular weight excluding hydrogens is 363 g/mol. The molecule has 0 unspecified atom stereocenters. The first-order valence-electron chi connectivity index (χ1n) is 7.91. The van der Waals surface area contributed by atoms with E-state index in [1.54, 1.807) is 0 Å². The molecule has 5 nitrogen and oxygen atoms in total. The quantitative estimate of drug-likeness (QED) is 0.649. The molecular formula is C18H16Cl2N2O3. The summed E-state index contributed by atoms with van der Waals surface area (Å²) in [4.78, 5) is 28.0. The summed E-state index contributed by atoms with van der Waals surface area (Å²) >= 11 is 11.6. The first-order valence-corrected chi connectivity index (χ1v) is 8.66. The van der Waals surface area contributed by atoms with Gasteiger partial charge in [-0.15, -0.1) is 0 Å². The molecule has 1 aliphatic rings. The molecule has 0 saturated carbocycles. The van der Waals surface area contributed by atoms with Crippen molar-refractivity contribution in [3.05, 3.63) is 63.4 Å². The van der Waals surface area contributed by atoms with Crippen molar-refractivity contribution in [2.24, 2.45) is 0 Å². The molecule has 1 amide bonds. The lowest BCUT2D eigenvalue weighted by atomic mass is 9.88. The Morgan fingerprint density at radius 3 is 2.84 bits per heavy atom. The second-order valence-corrected chi connectivity index (χ2v) is 6.55. The third kappa shape index (κ3) is 4.30. The van der Waals surface area contributed by atoms with Gasteiger partial charge < -0.3 is 10.1 Å². The number of carbonyl (C=O) groups excluding carboxylic acids is 2. The lowest BCUT2D eigenvalue weighted by molar-refractivity contribution is -0.125. The van der Waals surface area contributed by atoms with Gasteiger partial charge in [0.1, 0.15) is 5.15 Å². The van der Waals surface area contributed by atoms with Crippen LogP contribution in [0.2, 0.25) is 10.2 Å². The minimum absolute atomic E-state index is 0.0657. The Balaban J connectivity index is 1.59. The van der Waals surface area contributed by atoms with Crippen LogP contribution in [0.1, 0.15) is 40.5 Å². The van der Waals surface area contributed by atoms with Gasteiger partial charge in [-0.3, -0.25) is 4.79 Å². The Kier molecular flexibility index (Phi) is 5.56. The Bertz CT molecular complexity index is 811. The van der Waals surface area contributed by atoms with Crippen molar-refractivity contribution in [2.75, 3.05) is 6.61 Å². The van der Waals surface area contributed by atoms with Crippen LogP contribution in [0.15, 0.2) is 36.4 Å². The van der Waals surface area contributed by atoms with Gasteiger partial charge in [-0.2, -0.15) is 0 Å². The molecule has 1 heterocycles. The highest BCUT2D eigenvalue weighted by molar-refractivity contribution is 6.34.